The highest BCUT2D eigenvalue weighted by Crippen LogP contribution is 2.35. The summed E-state index contributed by atoms with van der Waals surface area (Å²) in [5, 5.41) is 4.02. The standard InChI is InChI=1S/C27H29F5N6O.H2S/c28-26(29)8-12-37(13-9-26)22(18-16-34-25(35-17-18)27(30,31)32)5-6-23(39)20-2-1-3-21-19(20)4-7-24(36-21)38-14-10-33-11-15-38;/h1-4,7,16-17,22,33H,5-6,8-15H2;1H2/t22-;/m1./s1. The molecule has 1 atom stereocenters. The zero-order valence-corrected chi connectivity index (χ0v) is 22.7. The summed E-state index contributed by atoms with van der Waals surface area (Å²) in [7, 11) is 0. The molecule has 4 heterocycles. The lowest BCUT2D eigenvalue weighted by Crippen LogP contribution is -2.43. The van der Waals surface area contributed by atoms with Gasteiger partial charge in [-0.25, -0.2) is 23.7 Å². The molecule has 1 aromatic carbocycles. The quantitative estimate of drug-likeness (QED) is 0.311. The van der Waals surface area contributed by atoms with E-state index in [0.29, 0.717) is 22.0 Å². The number of hydrogen-bond acceptors (Lipinski definition) is 7. The molecule has 0 spiro atoms. The van der Waals surface area contributed by atoms with Crippen LogP contribution in [0.25, 0.3) is 10.9 Å². The Bertz CT molecular complexity index is 1310. The molecule has 40 heavy (non-hydrogen) atoms. The maximum absolute atomic E-state index is 13.8. The Kier molecular flexibility index (Phi) is 9.26. The van der Waals surface area contributed by atoms with Gasteiger partial charge in [0, 0.05) is 93.5 Å². The highest BCUT2D eigenvalue weighted by molar-refractivity contribution is 7.59. The van der Waals surface area contributed by atoms with Gasteiger partial charge in [-0.15, -0.1) is 0 Å². The van der Waals surface area contributed by atoms with Gasteiger partial charge < -0.3 is 10.2 Å². The molecule has 0 saturated carbocycles. The Hall–Kier alpha value is -2.90. The number of hydrogen-bond donors (Lipinski definition) is 1. The molecular formula is C27H31F5N6OS. The van der Waals surface area contributed by atoms with Gasteiger partial charge in [0.2, 0.25) is 5.82 Å². The van der Waals surface area contributed by atoms with Crippen LogP contribution in [-0.4, -0.2) is 70.8 Å². The number of carbonyl (C=O) groups excluding carboxylic acids is 1. The number of piperidine rings is 1. The van der Waals surface area contributed by atoms with Gasteiger partial charge in [-0.2, -0.15) is 26.7 Å². The molecule has 2 aromatic heterocycles. The first-order chi connectivity index (χ1) is 18.6. The van der Waals surface area contributed by atoms with Crippen molar-refractivity contribution in [1.82, 2.24) is 25.2 Å². The van der Waals surface area contributed by atoms with Crippen LogP contribution in [0.3, 0.4) is 0 Å². The predicted molar refractivity (Wildman–Crippen MR) is 146 cm³/mol. The van der Waals surface area contributed by atoms with Gasteiger partial charge in [-0.05, 0) is 24.6 Å². The van der Waals surface area contributed by atoms with Gasteiger partial charge in [0.15, 0.2) is 5.78 Å². The number of aromatic nitrogens is 3. The number of piperazine rings is 1. The van der Waals surface area contributed by atoms with E-state index in [-0.39, 0.29) is 58.1 Å². The largest absolute Gasteiger partial charge is 0.451 e. The summed E-state index contributed by atoms with van der Waals surface area (Å²) in [5.41, 5.74) is 1.56. The molecule has 2 saturated heterocycles. The molecule has 216 valence electrons. The minimum atomic E-state index is -4.69. The number of ketones is 1. The van der Waals surface area contributed by atoms with Crippen molar-refractivity contribution in [2.45, 2.75) is 43.8 Å². The number of rotatable bonds is 7. The molecule has 0 radical (unpaired) electrons. The van der Waals surface area contributed by atoms with Gasteiger partial charge in [0.05, 0.1) is 5.52 Å². The second-order valence-electron chi connectivity index (χ2n) is 9.99. The molecule has 0 unspecified atom stereocenters. The Labute approximate surface area is 235 Å². The van der Waals surface area contributed by atoms with E-state index in [1.165, 1.54) is 0 Å². The third-order valence-electron chi connectivity index (χ3n) is 7.38. The average molecular weight is 583 g/mol. The lowest BCUT2D eigenvalue weighted by atomic mass is 9.94. The lowest BCUT2D eigenvalue weighted by Gasteiger charge is -2.37. The van der Waals surface area contributed by atoms with Crippen molar-refractivity contribution in [3.05, 3.63) is 59.7 Å². The van der Waals surface area contributed by atoms with Gasteiger partial charge >= 0.3 is 6.18 Å². The number of nitrogens with zero attached hydrogens (tertiary/aromatic N) is 5. The molecule has 7 nitrogen and oxygen atoms in total. The zero-order valence-electron chi connectivity index (χ0n) is 21.7. The molecule has 13 heteroatoms. The van der Waals surface area contributed by atoms with Crippen molar-refractivity contribution in [3.8, 4) is 0 Å². The van der Waals surface area contributed by atoms with Crippen LogP contribution in [0.5, 0.6) is 0 Å². The maximum atomic E-state index is 13.8. The van der Waals surface area contributed by atoms with Crippen LogP contribution in [0.4, 0.5) is 27.8 Å². The van der Waals surface area contributed by atoms with Crippen LogP contribution in [0, 0.1) is 0 Å². The van der Waals surface area contributed by atoms with E-state index in [1.54, 1.807) is 17.0 Å². The first-order valence-electron chi connectivity index (χ1n) is 13.0. The van der Waals surface area contributed by atoms with Crippen molar-refractivity contribution in [2.24, 2.45) is 0 Å². The predicted octanol–water partition coefficient (Wildman–Crippen LogP) is 5.00. The number of anilines is 1. The smallest absolute Gasteiger partial charge is 0.354 e. The fourth-order valence-corrected chi connectivity index (χ4v) is 5.24. The summed E-state index contributed by atoms with van der Waals surface area (Å²) in [6, 6.07) is 8.59. The Morgan fingerprint density at radius 1 is 1.00 bits per heavy atom. The number of likely N-dealkylation sites (tertiary alicyclic amines) is 1. The second kappa shape index (κ2) is 12.3. The van der Waals surface area contributed by atoms with E-state index >= 15 is 0 Å². The Morgan fingerprint density at radius 2 is 1.68 bits per heavy atom. The van der Waals surface area contributed by atoms with E-state index < -0.39 is 24.0 Å². The van der Waals surface area contributed by atoms with Crippen molar-refractivity contribution >= 4 is 36.0 Å². The number of alkyl halides is 5. The van der Waals surface area contributed by atoms with Crippen molar-refractivity contribution < 1.29 is 26.7 Å². The fourth-order valence-electron chi connectivity index (χ4n) is 5.24. The number of carbonyl (C=O) groups is 1. The molecule has 0 aliphatic carbocycles. The summed E-state index contributed by atoms with van der Waals surface area (Å²) < 4.78 is 66.6. The summed E-state index contributed by atoms with van der Waals surface area (Å²) in [6.45, 7) is 3.54. The molecule has 0 bridgehead atoms. The summed E-state index contributed by atoms with van der Waals surface area (Å²) in [6.07, 6.45) is -2.95. The topological polar surface area (TPSA) is 74.2 Å². The van der Waals surface area contributed by atoms with Gasteiger partial charge in [-0.1, -0.05) is 12.1 Å². The molecule has 3 aromatic rings. The Morgan fingerprint density at radius 3 is 2.33 bits per heavy atom. The molecule has 1 N–H and O–H groups in total. The van der Waals surface area contributed by atoms with Crippen LogP contribution >= 0.6 is 13.5 Å². The van der Waals surface area contributed by atoms with E-state index in [1.807, 2.05) is 18.2 Å². The Balaban J connectivity index is 0.00000370. The summed E-state index contributed by atoms with van der Waals surface area (Å²) in [4.78, 5) is 29.0. The molecule has 2 aliphatic heterocycles. The van der Waals surface area contributed by atoms with Crippen LogP contribution in [0.2, 0.25) is 0 Å². The molecular weight excluding hydrogens is 551 g/mol. The monoisotopic (exact) mass is 582 g/mol. The van der Waals surface area contributed by atoms with E-state index in [0.717, 1.165) is 44.4 Å². The molecule has 5 rings (SSSR count). The first-order valence-corrected chi connectivity index (χ1v) is 13.0. The van der Waals surface area contributed by atoms with Crippen LogP contribution in [-0.2, 0) is 6.18 Å². The minimum Gasteiger partial charge on any atom is -0.354 e. The molecule has 2 aliphatic rings. The minimum absolute atomic E-state index is 0. The number of nitrogens with one attached hydrogen (secondary N) is 1. The highest BCUT2D eigenvalue weighted by atomic mass is 32.1. The SMILES string of the molecule is O=C(CC[C@H](c1cnc(C(F)(F)F)nc1)N1CCC(F)(F)CC1)c1cccc2nc(N3CCNCC3)ccc12.S. The van der Waals surface area contributed by atoms with Crippen molar-refractivity contribution in [3.63, 3.8) is 0 Å². The number of halogens is 5. The number of benzene rings is 1. The molecule has 0 amide bonds. The van der Waals surface area contributed by atoms with Crippen molar-refractivity contribution in [1.29, 1.82) is 0 Å². The average Bonchev–Trinajstić information content (AvgIpc) is 2.93. The van der Waals surface area contributed by atoms with Crippen LogP contribution in [0.15, 0.2) is 42.7 Å². The number of pyridine rings is 1. The van der Waals surface area contributed by atoms with Gasteiger partial charge in [-0.3, -0.25) is 9.69 Å². The third-order valence-corrected chi connectivity index (χ3v) is 7.38. The van der Waals surface area contributed by atoms with Gasteiger partial charge in [0.1, 0.15) is 5.82 Å². The zero-order chi connectivity index (χ0) is 27.6. The second-order valence-corrected chi connectivity index (χ2v) is 9.99. The number of Topliss-reactive ketones (excluding diaryl/α,β-unsaturated/α-hetero) is 1. The van der Waals surface area contributed by atoms with Gasteiger partial charge in [0.25, 0.3) is 5.92 Å². The maximum Gasteiger partial charge on any atom is 0.451 e. The first kappa shape index (κ1) is 30.1. The van der Waals surface area contributed by atoms with E-state index in [2.05, 4.69) is 20.2 Å². The molecule has 2 fully saturated rings. The summed E-state index contributed by atoms with van der Waals surface area (Å²) in [5.74, 6) is -3.36. The number of fused-ring (bicyclic) bond motifs is 1. The third kappa shape index (κ3) is 6.87. The van der Waals surface area contributed by atoms with Crippen molar-refractivity contribution in [2.75, 3.05) is 44.2 Å². The highest BCUT2D eigenvalue weighted by Gasteiger charge is 2.38. The summed E-state index contributed by atoms with van der Waals surface area (Å²) >= 11 is 0. The lowest BCUT2D eigenvalue weighted by molar-refractivity contribution is -0.145. The van der Waals surface area contributed by atoms with Crippen LogP contribution < -0.4 is 10.2 Å². The van der Waals surface area contributed by atoms with E-state index in [9.17, 15) is 26.7 Å². The normalized spacial score (nSPS) is 18.8. The fraction of sp³-hybridized carbons (Fsp3) is 0.481. The van der Waals surface area contributed by atoms with Crippen LogP contribution in [0.1, 0.15) is 53.5 Å². The van der Waals surface area contributed by atoms with E-state index in [4.69, 9.17) is 4.98 Å².